The van der Waals surface area contributed by atoms with Gasteiger partial charge in [-0.25, -0.2) is 14.4 Å². The van der Waals surface area contributed by atoms with Crippen molar-refractivity contribution in [3.63, 3.8) is 0 Å². The van der Waals surface area contributed by atoms with Gasteiger partial charge in [-0.2, -0.15) is 0 Å². The molecule has 2 heterocycles. The van der Waals surface area contributed by atoms with Crippen LogP contribution in [0.5, 0.6) is 0 Å². The summed E-state index contributed by atoms with van der Waals surface area (Å²) in [5, 5.41) is 6.76. The highest BCUT2D eigenvalue weighted by Gasteiger charge is 2.38. The first-order chi connectivity index (χ1) is 15.0. The zero-order chi connectivity index (χ0) is 22.3. The highest BCUT2D eigenvalue weighted by molar-refractivity contribution is 6.28. The Labute approximate surface area is 190 Å². The molecule has 1 aliphatic heterocycles. The van der Waals surface area contributed by atoms with Crippen LogP contribution in [-0.2, 0) is 23.2 Å². The summed E-state index contributed by atoms with van der Waals surface area (Å²) in [4.78, 5) is 8.97. The molecule has 0 spiro atoms. The van der Waals surface area contributed by atoms with Gasteiger partial charge in [-0.3, -0.25) is 0 Å². The zero-order valence-corrected chi connectivity index (χ0v) is 19.6. The molecule has 1 aromatic heterocycles. The van der Waals surface area contributed by atoms with Crippen LogP contribution in [0.15, 0.2) is 24.3 Å². The Hall–Kier alpha value is -1.76. The van der Waals surface area contributed by atoms with Gasteiger partial charge in [-0.15, -0.1) is 0 Å². The molecule has 0 bridgehead atoms. The molecule has 1 saturated heterocycles. The van der Waals surface area contributed by atoms with Gasteiger partial charge in [0.05, 0.1) is 5.69 Å². The van der Waals surface area contributed by atoms with Crippen LogP contribution in [0.4, 0.5) is 10.2 Å². The number of anilines is 1. The summed E-state index contributed by atoms with van der Waals surface area (Å²) >= 11 is 6.26. The SMILES string of the molecule is CCCOCCCCc1nc(Cl)nc(NC(C)c2cccc(C3(F)CNC3)c2)c1CC. The predicted octanol–water partition coefficient (Wildman–Crippen LogP) is 5.38. The average molecular weight is 449 g/mol. The van der Waals surface area contributed by atoms with E-state index < -0.39 is 5.67 Å². The topological polar surface area (TPSA) is 59.1 Å². The van der Waals surface area contributed by atoms with Crippen LogP contribution in [0, 0.1) is 0 Å². The number of alkyl halides is 1. The molecule has 1 aromatic carbocycles. The van der Waals surface area contributed by atoms with Crippen LogP contribution < -0.4 is 10.6 Å². The summed E-state index contributed by atoms with van der Waals surface area (Å²) in [6.45, 7) is 8.60. The van der Waals surface area contributed by atoms with Crippen LogP contribution in [0.3, 0.4) is 0 Å². The van der Waals surface area contributed by atoms with E-state index in [1.54, 1.807) is 0 Å². The molecule has 7 heteroatoms. The van der Waals surface area contributed by atoms with E-state index >= 15 is 0 Å². The zero-order valence-electron chi connectivity index (χ0n) is 18.8. The van der Waals surface area contributed by atoms with E-state index in [0.29, 0.717) is 13.1 Å². The number of hydrogen-bond donors (Lipinski definition) is 2. The van der Waals surface area contributed by atoms with Gasteiger partial charge < -0.3 is 15.4 Å². The van der Waals surface area contributed by atoms with E-state index in [4.69, 9.17) is 16.3 Å². The van der Waals surface area contributed by atoms with Crippen LogP contribution in [0.25, 0.3) is 0 Å². The van der Waals surface area contributed by atoms with Gasteiger partial charge >= 0.3 is 0 Å². The molecule has 1 fully saturated rings. The minimum Gasteiger partial charge on any atom is -0.381 e. The lowest BCUT2D eigenvalue weighted by molar-refractivity contribution is 0.0890. The highest BCUT2D eigenvalue weighted by Crippen LogP contribution is 2.32. The van der Waals surface area contributed by atoms with Crippen molar-refractivity contribution in [1.82, 2.24) is 15.3 Å². The summed E-state index contributed by atoms with van der Waals surface area (Å²) in [7, 11) is 0. The molecule has 3 rings (SSSR count). The second-order valence-corrected chi connectivity index (χ2v) is 8.59. The van der Waals surface area contributed by atoms with Gasteiger partial charge in [-0.1, -0.05) is 38.1 Å². The predicted molar refractivity (Wildman–Crippen MR) is 125 cm³/mol. The lowest BCUT2D eigenvalue weighted by Gasteiger charge is -2.35. The summed E-state index contributed by atoms with van der Waals surface area (Å²) in [5.41, 5.74) is 2.56. The molecule has 0 saturated carbocycles. The first kappa shape index (κ1) is 23.9. The molecule has 31 heavy (non-hydrogen) atoms. The molecular formula is C24H34ClFN4O. The quantitative estimate of drug-likeness (QED) is 0.337. The summed E-state index contributed by atoms with van der Waals surface area (Å²) < 4.78 is 20.4. The van der Waals surface area contributed by atoms with Crippen molar-refractivity contribution in [2.24, 2.45) is 0 Å². The third-order valence-corrected chi connectivity index (χ3v) is 5.96. The lowest BCUT2D eigenvalue weighted by Crippen LogP contribution is -2.53. The first-order valence-electron chi connectivity index (χ1n) is 11.4. The molecule has 0 radical (unpaired) electrons. The largest absolute Gasteiger partial charge is 0.381 e. The molecule has 2 aromatic rings. The Kier molecular flexibility index (Phi) is 8.64. The fourth-order valence-corrected chi connectivity index (χ4v) is 4.05. The second-order valence-electron chi connectivity index (χ2n) is 8.25. The third kappa shape index (κ3) is 6.15. The van der Waals surface area contributed by atoms with Gasteiger partial charge in [-0.05, 0) is 61.8 Å². The van der Waals surface area contributed by atoms with Crippen LogP contribution in [0.1, 0.15) is 68.5 Å². The normalized spacial score (nSPS) is 16.0. The van der Waals surface area contributed by atoms with Crippen molar-refractivity contribution in [3.8, 4) is 0 Å². The number of benzene rings is 1. The molecule has 1 aliphatic rings. The fraction of sp³-hybridized carbons (Fsp3) is 0.583. The Morgan fingerprint density at radius 3 is 2.71 bits per heavy atom. The van der Waals surface area contributed by atoms with Crippen molar-refractivity contribution in [2.45, 2.75) is 64.6 Å². The van der Waals surface area contributed by atoms with Gasteiger partial charge in [0.1, 0.15) is 5.82 Å². The molecular weight excluding hydrogens is 415 g/mol. The summed E-state index contributed by atoms with van der Waals surface area (Å²) in [6.07, 6.45) is 4.69. The maximum Gasteiger partial charge on any atom is 0.224 e. The average Bonchev–Trinajstić information content (AvgIpc) is 2.74. The number of aryl methyl sites for hydroxylation is 1. The Morgan fingerprint density at radius 2 is 2.03 bits per heavy atom. The second kappa shape index (κ2) is 11.2. The molecule has 1 atom stereocenters. The molecule has 5 nitrogen and oxygen atoms in total. The van der Waals surface area contributed by atoms with Crippen LogP contribution in [-0.4, -0.2) is 36.3 Å². The monoisotopic (exact) mass is 448 g/mol. The van der Waals surface area contributed by atoms with Crippen LogP contribution in [0.2, 0.25) is 5.28 Å². The first-order valence-corrected chi connectivity index (χ1v) is 11.7. The number of halogens is 2. The van der Waals surface area contributed by atoms with Gasteiger partial charge in [0.15, 0.2) is 5.67 Å². The van der Waals surface area contributed by atoms with Gasteiger partial charge in [0, 0.05) is 37.9 Å². The van der Waals surface area contributed by atoms with E-state index in [2.05, 4.69) is 41.4 Å². The number of hydrogen-bond acceptors (Lipinski definition) is 5. The maximum atomic E-state index is 14.8. The van der Waals surface area contributed by atoms with Crippen molar-refractivity contribution < 1.29 is 9.13 Å². The van der Waals surface area contributed by atoms with Gasteiger partial charge in [0.25, 0.3) is 0 Å². The van der Waals surface area contributed by atoms with Crippen LogP contribution >= 0.6 is 11.6 Å². The minimum absolute atomic E-state index is 0.0388. The molecule has 170 valence electrons. The molecule has 1 unspecified atom stereocenters. The number of aromatic nitrogens is 2. The minimum atomic E-state index is -1.27. The van der Waals surface area contributed by atoms with E-state index in [-0.39, 0.29) is 11.3 Å². The number of nitrogens with zero attached hydrogens (tertiary/aromatic N) is 2. The van der Waals surface area contributed by atoms with E-state index in [0.717, 1.165) is 73.5 Å². The molecule has 0 amide bonds. The Morgan fingerprint density at radius 1 is 1.23 bits per heavy atom. The Balaban J connectivity index is 1.70. The summed E-state index contributed by atoms with van der Waals surface area (Å²) in [5.74, 6) is 0.762. The van der Waals surface area contributed by atoms with Crippen molar-refractivity contribution in [3.05, 3.63) is 51.9 Å². The standard InChI is InChI=1S/C24H34ClFN4O/c1-4-12-31-13-7-6-11-21-20(5-2)22(30-23(25)29-21)28-17(3)18-9-8-10-19(14-18)24(26)15-27-16-24/h8-10,14,17,27H,4-7,11-13,15-16H2,1-3H3,(H,28,29,30). The smallest absolute Gasteiger partial charge is 0.224 e. The van der Waals surface area contributed by atoms with Crippen molar-refractivity contribution in [1.29, 1.82) is 0 Å². The third-order valence-electron chi connectivity index (χ3n) is 5.79. The van der Waals surface area contributed by atoms with E-state index in [1.807, 2.05) is 24.3 Å². The Bertz CT molecular complexity index is 859. The fourth-order valence-electron chi connectivity index (χ4n) is 3.86. The van der Waals surface area contributed by atoms with Crippen molar-refractivity contribution >= 4 is 17.4 Å². The lowest BCUT2D eigenvalue weighted by atomic mass is 9.88. The number of rotatable bonds is 12. The molecule has 0 aliphatic carbocycles. The number of ether oxygens (including phenoxy) is 1. The summed E-state index contributed by atoms with van der Waals surface area (Å²) in [6, 6.07) is 7.70. The number of unbranched alkanes of at least 4 members (excludes halogenated alkanes) is 1. The molecule has 2 N–H and O–H groups in total. The van der Waals surface area contributed by atoms with E-state index in [9.17, 15) is 4.39 Å². The van der Waals surface area contributed by atoms with E-state index in [1.165, 1.54) is 0 Å². The number of nitrogens with one attached hydrogen (secondary N) is 2. The maximum absolute atomic E-state index is 14.8. The van der Waals surface area contributed by atoms with Crippen molar-refractivity contribution in [2.75, 3.05) is 31.6 Å². The highest BCUT2D eigenvalue weighted by atomic mass is 35.5. The van der Waals surface area contributed by atoms with Gasteiger partial charge in [0.2, 0.25) is 5.28 Å².